The van der Waals surface area contributed by atoms with Crippen LogP contribution in [-0.4, -0.2) is 15.2 Å². The number of nitrogens with zero attached hydrogens (tertiary/aromatic N) is 2. The van der Waals surface area contributed by atoms with Crippen LogP contribution in [0.2, 0.25) is 0 Å². The van der Waals surface area contributed by atoms with Gasteiger partial charge in [0, 0.05) is 10.5 Å². The van der Waals surface area contributed by atoms with Gasteiger partial charge in [-0.2, -0.15) is 4.37 Å². The molecule has 0 fully saturated rings. The van der Waals surface area contributed by atoms with E-state index in [4.69, 9.17) is 11.1 Å². The summed E-state index contributed by atoms with van der Waals surface area (Å²) in [7, 11) is 0. The Balaban J connectivity index is 2.12. The number of aromatic nitrogens is 2. The Morgan fingerprint density at radius 1 is 1.20 bits per heavy atom. The van der Waals surface area contributed by atoms with E-state index in [1.807, 2.05) is 43.3 Å². The Morgan fingerprint density at radius 2 is 1.95 bits per heavy atom. The molecule has 100 valence electrons. The van der Waals surface area contributed by atoms with Crippen molar-refractivity contribution in [3.8, 4) is 0 Å². The second kappa shape index (κ2) is 5.22. The molecule has 0 saturated heterocycles. The van der Waals surface area contributed by atoms with Crippen LogP contribution in [0, 0.1) is 12.3 Å². The number of rotatable bonds is 3. The number of nitrogen functional groups attached to an aromatic ring is 1. The summed E-state index contributed by atoms with van der Waals surface area (Å²) in [6.45, 7) is 1.89. The Kier molecular flexibility index (Phi) is 3.42. The molecule has 3 rings (SSSR count). The summed E-state index contributed by atoms with van der Waals surface area (Å²) in [4.78, 5) is 5.47. The lowest BCUT2D eigenvalue weighted by Crippen LogP contribution is -2.11. The number of aryl methyl sites for hydroxylation is 1. The summed E-state index contributed by atoms with van der Waals surface area (Å²) in [5.41, 5.74) is 6.40. The summed E-state index contributed by atoms with van der Waals surface area (Å²) in [5, 5.41) is 9.74. The first-order valence-electron chi connectivity index (χ1n) is 5.99. The lowest BCUT2D eigenvalue weighted by Gasteiger charge is -2.08. The first-order chi connectivity index (χ1) is 9.65. The average molecular weight is 300 g/mol. The van der Waals surface area contributed by atoms with Gasteiger partial charge < -0.3 is 5.73 Å². The second-order valence-electron chi connectivity index (χ2n) is 4.28. The van der Waals surface area contributed by atoms with Crippen molar-refractivity contribution in [3.63, 3.8) is 0 Å². The van der Waals surface area contributed by atoms with Gasteiger partial charge in [-0.1, -0.05) is 36.0 Å². The molecule has 4 nitrogen and oxygen atoms in total. The molecule has 2 aromatic carbocycles. The van der Waals surface area contributed by atoms with Crippen LogP contribution in [0.3, 0.4) is 0 Å². The predicted octanol–water partition coefficient (Wildman–Crippen LogP) is 3.43. The molecular formula is C14H12N4S2. The third-order valence-electron chi connectivity index (χ3n) is 2.88. The van der Waals surface area contributed by atoms with Crippen molar-refractivity contribution in [3.05, 3.63) is 47.8 Å². The number of hydrogen-bond acceptors (Lipinski definition) is 5. The topological polar surface area (TPSA) is 75.7 Å². The molecule has 20 heavy (non-hydrogen) atoms. The van der Waals surface area contributed by atoms with Gasteiger partial charge in [-0.25, -0.2) is 4.98 Å². The number of nitrogens with one attached hydrogen (secondary N) is 1. The minimum Gasteiger partial charge on any atom is -0.384 e. The summed E-state index contributed by atoms with van der Waals surface area (Å²) in [5.74, 6) is 0.881. The Hall–Kier alpha value is -1.92. The maximum Gasteiger partial charge on any atom is 0.174 e. The van der Waals surface area contributed by atoms with Crippen LogP contribution in [0.4, 0.5) is 0 Å². The van der Waals surface area contributed by atoms with E-state index < -0.39 is 0 Å². The van der Waals surface area contributed by atoms with Gasteiger partial charge in [-0.15, -0.1) is 0 Å². The molecule has 3 aromatic rings. The molecule has 1 aromatic heterocycles. The third kappa shape index (κ3) is 2.39. The highest BCUT2D eigenvalue weighted by molar-refractivity contribution is 8.01. The monoisotopic (exact) mass is 300 g/mol. The van der Waals surface area contributed by atoms with E-state index in [9.17, 15) is 0 Å². The summed E-state index contributed by atoms with van der Waals surface area (Å²) < 4.78 is 5.11. The van der Waals surface area contributed by atoms with Gasteiger partial charge >= 0.3 is 0 Å². The van der Waals surface area contributed by atoms with Gasteiger partial charge in [0.15, 0.2) is 4.34 Å². The number of fused-ring (bicyclic) bond motifs is 1. The number of nitrogens with two attached hydrogens (primary N) is 1. The van der Waals surface area contributed by atoms with E-state index in [-0.39, 0.29) is 5.84 Å². The van der Waals surface area contributed by atoms with Crippen LogP contribution >= 0.6 is 23.3 Å². The Bertz CT molecular complexity index is 795. The third-order valence-corrected chi connectivity index (χ3v) is 4.80. The molecule has 0 atom stereocenters. The maximum atomic E-state index is 7.66. The molecule has 0 aliphatic carbocycles. The Labute approximate surface area is 124 Å². The molecule has 0 bridgehead atoms. The van der Waals surface area contributed by atoms with Crippen molar-refractivity contribution in [2.75, 3.05) is 0 Å². The fourth-order valence-electron chi connectivity index (χ4n) is 2.01. The second-order valence-corrected chi connectivity index (χ2v) is 6.32. The van der Waals surface area contributed by atoms with Gasteiger partial charge in [0.2, 0.25) is 0 Å². The van der Waals surface area contributed by atoms with E-state index in [0.29, 0.717) is 0 Å². The summed E-state index contributed by atoms with van der Waals surface area (Å²) in [6.07, 6.45) is 0. The molecule has 0 aliphatic rings. The molecular weight excluding hydrogens is 288 g/mol. The SMILES string of the molecule is Cc1nsc(Sc2ccc(C(=N)N)c3ccccc23)n1. The summed E-state index contributed by atoms with van der Waals surface area (Å²) in [6, 6.07) is 11.8. The molecule has 0 radical (unpaired) electrons. The zero-order chi connectivity index (χ0) is 14.1. The largest absolute Gasteiger partial charge is 0.384 e. The number of amidine groups is 1. The normalized spacial score (nSPS) is 10.8. The lowest BCUT2D eigenvalue weighted by molar-refractivity contribution is 1.10. The fourth-order valence-corrected chi connectivity index (χ4v) is 3.75. The van der Waals surface area contributed by atoms with E-state index >= 15 is 0 Å². The standard InChI is InChI=1S/C14H12N4S2/c1-8-17-14(20-18-8)19-12-7-6-11(13(15)16)9-4-2-3-5-10(9)12/h2-7H,1H3,(H3,15,16). The van der Waals surface area contributed by atoms with E-state index in [2.05, 4.69) is 9.36 Å². The van der Waals surface area contributed by atoms with Crippen molar-refractivity contribution >= 4 is 39.9 Å². The highest BCUT2D eigenvalue weighted by Gasteiger charge is 2.10. The number of benzene rings is 2. The zero-order valence-corrected chi connectivity index (χ0v) is 12.4. The minimum atomic E-state index is 0.0875. The lowest BCUT2D eigenvalue weighted by atomic mass is 10.0. The molecule has 3 N–H and O–H groups in total. The van der Waals surface area contributed by atoms with Crippen molar-refractivity contribution in [2.24, 2.45) is 5.73 Å². The molecule has 0 spiro atoms. The maximum absolute atomic E-state index is 7.66. The first-order valence-corrected chi connectivity index (χ1v) is 7.58. The molecule has 0 amide bonds. The number of hydrogen-bond donors (Lipinski definition) is 2. The minimum absolute atomic E-state index is 0.0875. The average Bonchev–Trinajstić information content (AvgIpc) is 2.84. The predicted molar refractivity (Wildman–Crippen MR) is 83.7 cm³/mol. The van der Waals surface area contributed by atoms with Crippen LogP contribution in [0.1, 0.15) is 11.4 Å². The van der Waals surface area contributed by atoms with Gasteiger partial charge in [0.25, 0.3) is 0 Å². The highest BCUT2D eigenvalue weighted by Crippen LogP contribution is 2.35. The fraction of sp³-hybridized carbons (Fsp3) is 0.0714. The first kappa shape index (κ1) is 13.1. The Morgan fingerprint density at radius 3 is 2.60 bits per heavy atom. The molecule has 1 heterocycles. The van der Waals surface area contributed by atoms with Crippen LogP contribution in [-0.2, 0) is 0 Å². The van der Waals surface area contributed by atoms with Crippen molar-refractivity contribution in [2.45, 2.75) is 16.2 Å². The summed E-state index contributed by atoms with van der Waals surface area (Å²) >= 11 is 2.99. The molecule has 0 saturated carbocycles. The van der Waals surface area contributed by atoms with E-state index in [1.165, 1.54) is 11.5 Å². The van der Waals surface area contributed by atoms with Gasteiger partial charge in [-0.3, -0.25) is 5.41 Å². The van der Waals surface area contributed by atoms with Crippen LogP contribution < -0.4 is 5.73 Å². The van der Waals surface area contributed by atoms with Gasteiger partial charge in [0.05, 0.1) is 0 Å². The quantitative estimate of drug-likeness (QED) is 0.574. The van der Waals surface area contributed by atoms with E-state index in [1.54, 1.807) is 11.8 Å². The molecule has 0 unspecified atom stereocenters. The van der Waals surface area contributed by atoms with Crippen molar-refractivity contribution in [1.29, 1.82) is 5.41 Å². The van der Waals surface area contributed by atoms with Crippen LogP contribution in [0.5, 0.6) is 0 Å². The molecule has 0 aliphatic heterocycles. The van der Waals surface area contributed by atoms with Gasteiger partial charge in [-0.05, 0) is 41.4 Å². The van der Waals surface area contributed by atoms with E-state index in [0.717, 1.165) is 31.4 Å². The highest BCUT2D eigenvalue weighted by atomic mass is 32.2. The van der Waals surface area contributed by atoms with Crippen molar-refractivity contribution < 1.29 is 0 Å². The van der Waals surface area contributed by atoms with Crippen LogP contribution in [0.15, 0.2) is 45.6 Å². The smallest absolute Gasteiger partial charge is 0.174 e. The zero-order valence-electron chi connectivity index (χ0n) is 10.8. The molecule has 6 heteroatoms. The van der Waals surface area contributed by atoms with Gasteiger partial charge in [0.1, 0.15) is 11.7 Å². The van der Waals surface area contributed by atoms with Crippen molar-refractivity contribution in [1.82, 2.24) is 9.36 Å². The van der Waals surface area contributed by atoms with Crippen LogP contribution in [0.25, 0.3) is 10.8 Å².